The number of carbonyl (C=O) groups excluding carboxylic acids is 2. The number of aromatic amines is 1. The third kappa shape index (κ3) is 3.60. The third-order valence-electron chi connectivity index (χ3n) is 3.92. The molecule has 1 heterocycles. The van der Waals surface area contributed by atoms with Crippen molar-refractivity contribution in [2.75, 3.05) is 10.6 Å². The molecule has 1 fully saturated rings. The number of carbonyl (C=O) groups is 2. The normalized spacial score (nSPS) is 13.4. The van der Waals surface area contributed by atoms with E-state index in [4.69, 9.17) is 0 Å². The Hall–Kier alpha value is -3.35. The molecule has 126 valence electrons. The largest absolute Gasteiger partial charge is 0.335 e. The van der Waals surface area contributed by atoms with Gasteiger partial charge >= 0.3 is 6.03 Å². The van der Waals surface area contributed by atoms with Gasteiger partial charge in [0.05, 0.1) is 11.0 Å². The number of H-pyrrole nitrogens is 1. The van der Waals surface area contributed by atoms with Crippen LogP contribution in [0.1, 0.15) is 23.2 Å². The molecule has 2 aromatic carbocycles. The molecule has 3 amide bonds. The van der Waals surface area contributed by atoms with Crippen LogP contribution in [-0.4, -0.2) is 27.9 Å². The predicted molar refractivity (Wildman–Crippen MR) is 95.7 cm³/mol. The van der Waals surface area contributed by atoms with Gasteiger partial charge in [0.1, 0.15) is 0 Å². The smallest absolute Gasteiger partial charge is 0.319 e. The highest BCUT2D eigenvalue weighted by atomic mass is 16.2. The Labute approximate surface area is 143 Å². The first-order valence-corrected chi connectivity index (χ1v) is 8.11. The summed E-state index contributed by atoms with van der Waals surface area (Å²) in [5, 5.41) is 8.32. The summed E-state index contributed by atoms with van der Waals surface area (Å²) in [7, 11) is 0. The number of rotatable bonds is 4. The molecular formula is C18H17N5O2. The number of aromatic nitrogens is 2. The molecule has 1 aliphatic carbocycles. The number of anilines is 2. The molecule has 0 bridgehead atoms. The molecular weight excluding hydrogens is 318 g/mol. The van der Waals surface area contributed by atoms with Crippen molar-refractivity contribution in [1.29, 1.82) is 0 Å². The lowest BCUT2D eigenvalue weighted by Gasteiger charge is -2.08. The molecule has 4 N–H and O–H groups in total. The monoisotopic (exact) mass is 335 g/mol. The molecule has 7 nitrogen and oxygen atoms in total. The number of hydrogen-bond acceptors (Lipinski definition) is 3. The quantitative estimate of drug-likeness (QED) is 0.589. The van der Waals surface area contributed by atoms with Crippen molar-refractivity contribution in [3.05, 3.63) is 54.1 Å². The van der Waals surface area contributed by atoms with Crippen molar-refractivity contribution in [1.82, 2.24) is 15.3 Å². The standard InChI is InChI=1S/C18H17N5O2/c24-16(23-17-21-14-6-1-2-7-15(14)22-17)11-4-3-5-13(10-11)20-18(25)19-12-8-9-12/h1-7,10,12H,8-9H2,(H2,19,20,25)(H2,21,22,23,24). The highest BCUT2D eigenvalue weighted by Gasteiger charge is 2.23. The first-order valence-electron chi connectivity index (χ1n) is 8.11. The molecule has 0 unspecified atom stereocenters. The van der Waals surface area contributed by atoms with E-state index in [0.29, 0.717) is 17.2 Å². The third-order valence-corrected chi connectivity index (χ3v) is 3.92. The molecule has 1 aliphatic rings. The van der Waals surface area contributed by atoms with Gasteiger partial charge in [0.2, 0.25) is 5.95 Å². The van der Waals surface area contributed by atoms with E-state index in [2.05, 4.69) is 25.9 Å². The van der Waals surface area contributed by atoms with E-state index in [9.17, 15) is 9.59 Å². The number of hydrogen-bond donors (Lipinski definition) is 4. The predicted octanol–water partition coefficient (Wildman–Crippen LogP) is 3.10. The van der Waals surface area contributed by atoms with E-state index in [1.165, 1.54) is 0 Å². The minimum atomic E-state index is -0.301. The van der Waals surface area contributed by atoms with Gasteiger partial charge in [-0.25, -0.2) is 9.78 Å². The average molecular weight is 335 g/mol. The molecule has 0 aliphatic heterocycles. The second kappa shape index (κ2) is 6.27. The molecule has 0 atom stereocenters. The van der Waals surface area contributed by atoms with Crippen LogP contribution in [0.2, 0.25) is 0 Å². The van der Waals surface area contributed by atoms with E-state index < -0.39 is 0 Å². The summed E-state index contributed by atoms with van der Waals surface area (Å²) in [5.74, 6) is 0.0846. The summed E-state index contributed by atoms with van der Waals surface area (Å²) in [6, 6.07) is 14.3. The van der Waals surface area contributed by atoms with Crippen molar-refractivity contribution >= 4 is 34.6 Å². The zero-order valence-corrected chi connectivity index (χ0v) is 13.4. The zero-order valence-electron chi connectivity index (χ0n) is 13.4. The van der Waals surface area contributed by atoms with E-state index in [-0.39, 0.29) is 18.0 Å². The molecule has 3 aromatic rings. The second-order valence-electron chi connectivity index (χ2n) is 6.01. The summed E-state index contributed by atoms with van der Waals surface area (Å²) in [6.45, 7) is 0. The first kappa shape index (κ1) is 15.2. The Balaban J connectivity index is 1.45. The maximum absolute atomic E-state index is 12.4. The minimum Gasteiger partial charge on any atom is -0.335 e. The van der Waals surface area contributed by atoms with Gasteiger partial charge in [0, 0.05) is 17.3 Å². The summed E-state index contributed by atoms with van der Waals surface area (Å²) < 4.78 is 0. The number of para-hydroxylation sites is 2. The fourth-order valence-corrected chi connectivity index (χ4v) is 2.51. The number of fused-ring (bicyclic) bond motifs is 1. The van der Waals surface area contributed by atoms with Gasteiger partial charge in [-0.15, -0.1) is 0 Å². The van der Waals surface area contributed by atoms with Crippen molar-refractivity contribution in [2.45, 2.75) is 18.9 Å². The van der Waals surface area contributed by atoms with Gasteiger partial charge in [-0.3, -0.25) is 10.1 Å². The van der Waals surface area contributed by atoms with E-state index in [0.717, 1.165) is 23.9 Å². The van der Waals surface area contributed by atoms with Crippen molar-refractivity contribution in [2.24, 2.45) is 0 Å². The molecule has 0 saturated heterocycles. The molecule has 4 rings (SSSR count). The lowest BCUT2D eigenvalue weighted by molar-refractivity contribution is 0.102. The van der Waals surface area contributed by atoms with Gasteiger partial charge in [0.15, 0.2) is 0 Å². The molecule has 1 aromatic heterocycles. The first-order chi connectivity index (χ1) is 12.2. The van der Waals surface area contributed by atoms with Gasteiger partial charge in [-0.05, 0) is 43.2 Å². The summed E-state index contributed by atoms with van der Waals surface area (Å²) in [5.41, 5.74) is 2.63. The maximum Gasteiger partial charge on any atom is 0.319 e. The zero-order chi connectivity index (χ0) is 17.2. The Morgan fingerprint density at radius 2 is 1.88 bits per heavy atom. The molecule has 1 saturated carbocycles. The van der Waals surface area contributed by atoms with Crippen molar-refractivity contribution in [3.63, 3.8) is 0 Å². The Morgan fingerprint density at radius 3 is 2.68 bits per heavy atom. The van der Waals surface area contributed by atoms with Crippen LogP contribution in [0.4, 0.5) is 16.4 Å². The van der Waals surface area contributed by atoms with Crippen LogP contribution in [0, 0.1) is 0 Å². The van der Waals surface area contributed by atoms with Crippen LogP contribution in [0.5, 0.6) is 0 Å². The van der Waals surface area contributed by atoms with E-state index in [1.54, 1.807) is 24.3 Å². The van der Waals surface area contributed by atoms with Crippen molar-refractivity contribution < 1.29 is 9.59 Å². The topological polar surface area (TPSA) is 98.9 Å². The van der Waals surface area contributed by atoms with Crippen LogP contribution in [0.3, 0.4) is 0 Å². The van der Waals surface area contributed by atoms with Crippen LogP contribution >= 0.6 is 0 Å². The number of nitrogens with zero attached hydrogens (tertiary/aromatic N) is 1. The maximum atomic E-state index is 12.4. The number of benzene rings is 2. The minimum absolute atomic E-state index is 0.252. The van der Waals surface area contributed by atoms with Crippen LogP contribution < -0.4 is 16.0 Å². The molecule has 7 heteroatoms. The summed E-state index contributed by atoms with van der Waals surface area (Å²) in [4.78, 5) is 31.6. The van der Waals surface area contributed by atoms with Gasteiger partial charge < -0.3 is 15.6 Å². The SMILES string of the molecule is O=C(Nc1cccc(C(=O)Nc2nc3ccccc3[nH]2)c1)NC1CC1. The van der Waals surface area contributed by atoms with Gasteiger partial charge in [0.25, 0.3) is 5.91 Å². The fourth-order valence-electron chi connectivity index (χ4n) is 2.51. The fraction of sp³-hybridized carbons (Fsp3) is 0.167. The number of imidazole rings is 1. The van der Waals surface area contributed by atoms with Crippen LogP contribution in [0.25, 0.3) is 11.0 Å². The number of amides is 3. The highest BCUT2D eigenvalue weighted by molar-refractivity contribution is 6.05. The molecule has 0 radical (unpaired) electrons. The molecule has 0 spiro atoms. The second-order valence-corrected chi connectivity index (χ2v) is 6.01. The highest BCUT2D eigenvalue weighted by Crippen LogP contribution is 2.19. The average Bonchev–Trinajstić information content (AvgIpc) is 3.31. The molecule has 25 heavy (non-hydrogen) atoms. The van der Waals surface area contributed by atoms with Crippen LogP contribution in [-0.2, 0) is 0 Å². The van der Waals surface area contributed by atoms with Gasteiger partial charge in [-0.2, -0.15) is 0 Å². The number of urea groups is 1. The summed E-state index contributed by atoms with van der Waals surface area (Å²) >= 11 is 0. The van der Waals surface area contributed by atoms with E-state index in [1.807, 2.05) is 24.3 Å². The summed E-state index contributed by atoms with van der Waals surface area (Å²) in [6.07, 6.45) is 2.04. The van der Waals surface area contributed by atoms with E-state index >= 15 is 0 Å². The number of nitrogens with one attached hydrogen (secondary N) is 4. The van der Waals surface area contributed by atoms with Crippen molar-refractivity contribution in [3.8, 4) is 0 Å². The Kier molecular flexibility index (Phi) is 3.81. The van der Waals surface area contributed by atoms with Gasteiger partial charge in [-0.1, -0.05) is 18.2 Å². The Morgan fingerprint density at radius 1 is 1.04 bits per heavy atom. The lowest BCUT2D eigenvalue weighted by atomic mass is 10.2. The lowest BCUT2D eigenvalue weighted by Crippen LogP contribution is -2.30. The van der Waals surface area contributed by atoms with Crippen LogP contribution in [0.15, 0.2) is 48.5 Å². The Bertz CT molecular complexity index is 912.